The van der Waals surface area contributed by atoms with E-state index in [1.807, 2.05) is 12.1 Å². The molecule has 6 heteroatoms. The first-order chi connectivity index (χ1) is 12.0. The second kappa shape index (κ2) is 6.19. The van der Waals surface area contributed by atoms with Crippen LogP contribution in [-0.2, 0) is 12.7 Å². The lowest BCUT2D eigenvalue weighted by Gasteiger charge is -2.17. The molecule has 1 fully saturated rings. The average molecular weight is 345 g/mol. The van der Waals surface area contributed by atoms with E-state index in [0.717, 1.165) is 31.4 Å². The Balaban J connectivity index is 1.75. The molecule has 0 atom stereocenters. The number of likely N-dealkylation sites (tertiary alicyclic amines) is 1. The van der Waals surface area contributed by atoms with Gasteiger partial charge in [0.2, 0.25) is 0 Å². The number of imidazole rings is 1. The number of H-pyrrole nitrogens is 1. The quantitative estimate of drug-likeness (QED) is 0.736. The van der Waals surface area contributed by atoms with Crippen LogP contribution in [0.2, 0.25) is 0 Å². The van der Waals surface area contributed by atoms with Gasteiger partial charge in [0, 0.05) is 12.1 Å². The van der Waals surface area contributed by atoms with Gasteiger partial charge in [-0.05, 0) is 49.7 Å². The number of nitrogens with zero attached hydrogens (tertiary/aromatic N) is 2. The van der Waals surface area contributed by atoms with E-state index in [9.17, 15) is 13.2 Å². The largest absolute Gasteiger partial charge is 0.417 e. The number of hydrogen-bond acceptors (Lipinski definition) is 2. The number of para-hydroxylation sites is 2. The minimum Gasteiger partial charge on any atom is -0.338 e. The molecule has 0 aliphatic carbocycles. The minimum absolute atomic E-state index is 0.0915. The molecule has 3 nitrogen and oxygen atoms in total. The van der Waals surface area contributed by atoms with Crippen LogP contribution in [0.5, 0.6) is 0 Å². The van der Waals surface area contributed by atoms with Gasteiger partial charge in [0.05, 0.1) is 16.6 Å². The minimum atomic E-state index is -4.42. The second-order valence-electron chi connectivity index (χ2n) is 6.46. The molecule has 0 bridgehead atoms. The summed E-state index contributed by atoms with van der Waals surface area (Å²) in [6.45, 7) is 2.46. The van der Waals surface area contributed by atoms with Gasteiger partial charge in [0.25, 0.3) is 0 Å². The van der Waals surface area contributed by atoms with Crippen LogP contribution >= 0.6 is 0 Å². The van der Waals surface area contributed by atoms with Crippen molar-refractivity contribution in [2.24, 2.45) is 0 Å². The van der Waals surface area contributed by atoms with Crippen LogP contribution in [-0.4, -0.2) is 28.0 Å². The predicted molar refractivity (Wildman–Crippen MR) is 91.0 cm³/mol. The van der Waals surface area contributed by atoms with Crippen molar-refractivity contribution in [3.8, 4) is 11.4 Å². The lowest BCUT2D eigenvalue weighted by atomic mass is 10.0. The molecule has 1 aliphatic rings. The van der Waals surface area contributed by atoms with Crippen LogP contribution in [0, 0.1) is 0 Å². The maximum Gasteiger partial charge on any atom is 0.417 e. The summed E-state index contributed by atoms with van der Waals surface area (Å²) in [5, 5.41) is 0. The van der Waals surface area contributed by atoms with Crippen LogP contribution in [0.15, 0.2) is 42.5 Å². The molecule has 130 valence electrons. The summed E-state index contributed by atoms with van der Waals surface area (Å²) in [6.07, 6.45) is -2.19. The first kappa shape index (κ1) is 16.1. The number of hydrogen-bond donors (Lipinski definition) is 1. The molecular weight excluding hydrogens is 327 g/mol. The van der Waals surface area contributed by atoms with E-state index < -0.39 is 11.7 Å². The van der Waals surface area contributed by atoms with Gasteiger partial charge >= 0.3 is 6.18 Å². The van der Waals surface area contributed by atoms with E-state index in [2.05, 4.69) is 14.9 Å². The summed E-state index contributed by atoms with van der Waals surface area (Å²) in [5.74, 6) is 0.251. The number of fused-ring (bicyclic) bond motifs is 1. The summed E-state index contributed by atoms with van der Waals surface area (Å²) in [6, 6.07) is 11.8. The molecule has 1 aliphatic heterocycles. The van der Waals surface area contributed by atoms with Gasteiger partial charge in [-0.2, -0.15) is 13.2 Å². The highest BCUT2D eigenvalue weighted by atomic mass is 19.4. The molecule has 2 aromatic carbocycles. The SMILES string of the molecule is FC(F)(F)c1cc(CN2CCCC2)ccc1-c1nc2ccccc2[nH]1. The van der Waals surface area contributed by atoms with Crippen LogP contribution in [0.1, 0.15) is 24.0 Å². The number of benzene rings is 2. The molecule has 1 saturated heterocycles. The summed E-state index contributed by atoms with van der Waals surface area (Å²) < 4.78 is 40.9. The summed E-state index contributed by atoms with van der Waals surface area (Å²) >= 11 is 0. The Labute approximate surface area is 143 Å². The van der Waals surface area contributed by atoms with Gasteiger partial charge in [-0.25, -0.2) is 4.98 Å². The number of halogens is 3. The molecule has 0 radical (unpaired) electrons. The van der Waals surface area contributed by atoms with E-state index in [4.69, 9.17) is 0 Å². The Morgan fingerprint density at radius 1 is 1.04 bits per heavy atom. The predicted octanol–water partition coefficient (Wildman–Crippen LogP) is 4.84. The van der Waals surface area contributed by atoms with Gasteiger partial charge in [-0.15, -0.1) is 0 Å². The maximum absolute atomic E-state index is 13.6. The monoisotopic (exact) mass is 345 g/mol. The van der Waals surface area contributed by atoms with Crippen LogP contribution in [0.3, 0.4) is 0 Å². The molecule has 1 aromatic heterocycles. The fourth-order valence-electron chi connectivity index (χ4n) is 3.41. The lowest BCUT2D eigenvalue weighted by molar-refractivity contribution is -0.137. The van der Waals surface area contributed by atoms with Crippen molar-refractivity contribution < 1.29 is 13.2 Å². The van der Waals surface area contributed by atoms with Crippen molar-refractivity contribution in [2.45, 2.75) is 25.6 Å². The highest BCUT2D eigenvalue weighted by Gasteiger charge is 2.35. The third kappa shape index (κ3) is 3.26. The molecule has 0 amide bonds. The molecule has 2 heterocycles. The zero-order valence-corrected chi connectivity index (χ0v) is 13.6. The molecule has 1 N–H and O–H groups in total. The summed E-state index contributed by atoms with van der Waals surface area (Å²) in [7, 11) is 0. The molecule has 3 aromatic rings. The highest BCUT2D eigenvalue weighted by Crippen LogP contribution is 2.37. The van der Waals surface area contributed by atoms with E-state index in [0.29, 0.717) is 17.6 Å². The second-order valence-corrected chi connectivity index (χ2v) is 6.46. The Morgan fingerprint density at radius 3 is 2.52 bits per heavy atom. The first-order valence-corrected chi connectivity index (χ1v) is 8.38. The van der Waals surface area contributed by atoms with Crippen molar-refractivity contribution >= 4 is 11.0 Å². The Bertz CT molecular complexity index is 859. The van der Waals surface area contributed by atoms with Gasteiger partial charge in [-0.1, -0.05) is 24.3 Å². The number of nitrogens with one attached hydrogen (secondary N) is 1. The van der Waals surface area contributed by atoms with Gasteiger partial charge in [0.1, 0.15) is 5.82 Å². The zero-order valence-electron chi connectivity index (χ0n) is 13.6. The number of rotatable bonds is 3. The fourth-order valence-corrected chi connectivity index (χ4v) is 3.41. The maximum atomic E-state index is 13.6. The number of alkyl halides is 3. The van der Waals surface area contributed by atoms with E-state index in [-0.39, 0.29) is 11.4 Å². The number of aromatic nitrogens is 2. The third-order valence-electron chi connectivity index (χ3n) is 4.64. The summed E-state index contributed by atoms with van der Waals surface area (Å²) in [5.41, 5.74) is 1.53. The van der Waals surface area contributed by atoms with Crippen molar-refractivity contribution in [1.29, 1.82) is 0 Å². The fraction of sp³-hybridized carbons (Fsp3) is 0.316. The molecule has 0 spiro atoms. The van der Waals surface area contributed by atoms with Gasteiger partial charge < -0.3 is 4.98 Å². The lowest BCUT2D eigenvalue weighted by Crippen LogP contribution is -2.19. The standard InChI is InChI=1S/C19H18F3N3/c20-19(21,22)15-11-13(12-25-9-3-4-10-25)7-8-14(15)18-23-16-5-1-2-6-17(16)24-18/h1-2,5-8,11H,3-4,9-10,12H2,(H,23,24). The Hall–Kier alpha value is -2.34. The van der Waals surface area contributed by atoms with E-state index >= 15 is 0 Å². The van der Waals surface area contributed by atoms with Crippen molar-refractivity contribution in [2.75, 3.05) is 13.1 Å². The molecule has 25 heavy (non-hydrogen) atoms. The highest BCUT2D eigenvalue weighted by molar-refractivity contribution is 5.80. The molecule has 0 unspecified atom stereocenters. The molecule has 4 rings (SSSR count). The smallest absolute Gasteiger partial charge is 0.338 e. The van der Waals surface area contributed by atoms with Crippen molar-refractivity contribution in [1.82, 2.24) is 14.9 Å². The van der Waals surface area contributed by atoms with Crippen LogP contribution in [0.4, 0.5) is 13.2 Å². The molecular formula is C19H18F3N3. The van der Waals surface area contributed by atoms with Crippen LogP contribution in [0.25, 0.3) is 22.4 Å². The van der Waals surface area contributed by atoms with Crippen LogP contribution < -0.4 is 0 Å². The van der Waals surface area contributed by atoms with Gasteiger partial charge in [-0.3, -0.25) is 4.90 Å². The van der Waals surface area contributed by atoms with E-state index in [1.54, 1.807) is 18.2 Å². The third-order valence-corrected chi connectivity index (χ3v) is 4.64. The van der Waals surface area contributed by atoms with Crippen molar-refractivity contribution in [3.63, 3.8) is 0 Å². The topological polar surface area (TPSA) is 31.9 Å². The Kier molecular flexibility index (Phi) is 4.00. The first-order valence-electron chi connectivity index (χ1n) is 8.38. The molecule has 0 saturated carbocycles. The van der Waals surface area contributed by atoms with Gasteiger partial charge in [0.15, 0.2) is 0 Å². The average Bonchev–Trinajstić information content (AvgIpc) is 3.23. The zero-order chi connectivity index (χ0) is 17.4. The summed E-state index contributed by atoms with van der Waals surface area (Å²) in [4.78, 5) is 9.51. The Morgan fingerprint density at radius 2 is 1.80 bits per heavy atom. The van der Waals surface area contributed by atoms with E-state index in [1.165, 1.54) is 12.1 Å². The van der Waals surface area contributed by atoms with Crippen molar-refractivity contribution in [3.05, 3.63) is 53.6 Å². The number of aromatic amines is 1. The normalized spacial score (nSPS) is 16.0.